The van der Waals surface area contributed by atoms with Gasteiger partial charge < -0.3 is 10.5 Å². The molecular formula is C16H21N3O. The fourth-order valence-electron chi connectivity index (χ4n) is 2.04. The van der Waals surface area contributed by atoms with Crippen LogP contribution in [0.1, 0.15) is 32.0 Å². The number of nitrogens with zero attached hydrogens (tertiary/aromatic N) is 2. The number of nitrogen functional groups attached to an aromatic ring is 1. The Kier molecular flexibility index (Phi) is 3.66. The standard InChI is InChI=1S/C16H21N3O/c1-10-8-12(20-16(3,4)5)6-7-13(10)15-11(2)18-9-14(17)19-15/h6-9H,1-5H3,(H2,17,19). The van der Waals surface area contributed by atoms with Crippen LogP contribution < -0.4 is 10.5 Å². The van der Waals surface area contributed by atoms with E-state index >= 15 is 0 Å². The smallest absolute Gasteiger partial charge is 0.142 e. The third kappa shape index (κ3) is 3.26. The molecule has 0 atom stereocenters. The molecule has 0 bridgehead atoms. The first-order chi connectivity index (χ1) is 9.26. The summed E-state index contributed by atoms with van der Waals surface area (Å²) in [6.45, 7) is 10.1. The molecule has 1 aromatic carbocycles. The van der Waals surface area contributed by atoms with Gasteiger partial charge in [-0.15, -0.1) is 0 Å². The van der Waals surface area contributed by atoms with E-state index in [1.807, 2.05) is 52.8 Å². The Morgan fingerprint density at radius 3 is 2.45 bits per heavy atom. The van der Waals surface area contributed by atoms with Crippen molar-refractivity contribution in [2.45, 2.75) is 40.2 Å². The molecule has 0 amide bonds. The van der Waals surface area contributed by atoms with Crippen molar-refractivity contribution in [3.05, 3.63) is 35.7 Å². The van der Waals surface area contributed by atoms with Crippen LogP contribution in [0.2, 0.25) is 0 Å². The van der Waals surface area contributed by atoms with Gasteiger partial charge in [0.2, 0.25) is 0 Å². The number of hydrogen-bond donors (Lipinski definition) is 1. The molecule has 0 aliphatic heterocycles. The van der Waals surface area contributed by atoms with Crippen molar-refractivity contribution in [2.24, 2.45) is 0 Å². The molecule has 4 heteroatoms. The van der Waals surface area contributed by atoms with Gasteiger partial charge in [0, 0.05) is 5.56 Å². The normalized spacial score (nSPS) is 11.4. The summed E-state index contributed by atoms with van der Waals surface area (Å²) in [6, 6.07) is 5.98. The summed E-state index contributed by atoms with van der Waals surface area (Å²) in [6.07, 6.45) is 1.57. The van der Waals surface area contributed by atoms with E-state index in [0.717, 1.165) is 28.3 Å². The Labute approximate surface area is 120 Å². The second kappa shape index (κ2) is 5.12. The number of ether oxygens (including phenoxy) is 1. The fourth-order valence-corrected chi connectivity index (χ4v) is 2.04. The predicted octanol–water partition coefficient (Wildman–Crippen LogP) is 3.52. The zero-order chi connectivity index (χ0) is 14.9. The molecule has 4 nitrogen and oxygen atoms in total. The largest absolute Gasteiger partial charge is 0.488 e. The van der Waals surface area contributed by atoms with Gasteiger partial charge in [-0.25, -0.2) is 4.98 Å². The molecule has 0 saturated heterocycles. The lowest BCUT2D eigenvalue weighted by atomic mass is 10.0. The second-order valence-electron chi connectivity index (χ2n) is 5.92. The number of aromatic nitrogens is 2. The molecule has 1 aromatic heterocycles. The van der Waals surface area contributed by atoms with Gasteiger partial charge in [-0.3, -0.25) is 4.98 Å². The number of nitrogens with two attached hydrogens (primary N) is 1. The Bertz CT molecular complexity index is 630. The van der Waals surface area contributed by atoms with E-state index in [2.05, 4.69) is 9.97 Å². The molecule has 1 heterocycles. The lowest BCUT2D eigenvalue weighted by Gasteiger charge is -2.22. The van der Waals surface area contributed by atoms with E-state index in [4.69, 9.17) is 10.5 Å². The minimum atomic E-state index is -0.207. The van der Waals surface area contributed by atoms with E-state index < -0.39 is 0 Å². The molecule has 0 unspecified atom stereocenters. The Balaban J connectivity index is 2.42. The SMILES string of the molecule is Cc1cc(OC(C)(C)C)ccc1-c1nc(N)cnc1C. The Morgan fingerprint density at radius 1 is 1.15 bits per heavy atom. The van der Waals surface area contributed by atoms with Gasteiger partial charge in [0.15, 0.2) is 0 Å². The highest BCUT2D eigenvalue weighted by molar-refractivity contribution is 5.67. The molecule has 0 aliphatic rings. The molecule has 20 heavy (non-hydrogen) atoms. The first-order valence-corrected chi connectivity index (χ1v) is 6.65. The summed E-state index contributed by atoms with van der Waals surface area (Å²) in [5, 5.41) is 0. The van der Waals surface area contributed by atoms with E-state index in [1.54, 1.807) is 6.20 Å². The quantitative estimate of drug-likeness (QED) is 0.907. The number of benzene rings is 1. The van der Waals surface area contributed by atoms with Crippen molar-refractivity contribution in [1.82, 2.24) is 9.97 Å². The first kappa shape index (κ1) is 14.3. The van der Waals surface area contributed by atoms with Crippen LogP contribution in [0.5, 0.6) is 5.75 Å². The van der Waals surface area contributed by atoms with Gasteiger partial charge in [-0.1, -0.05) is 0 Å². The average molecular weight is 271 g/mol. The van der Waals surface area contributed by atoms with E-state index in [1.165, 1.54) is 0 Å². The van der Waals surface area contributed by atoms with E-state index in [0.29, 0.717) is 5.82 Å². The minimum Gasteiger partial charge on any atom is -0.488 e. The number of hydrogen-bond acceptors (Lipinski definition) is 4. The van der Waals surface area contributed by atoms with Crippen LogP contribution in [0.4, 0.5) is 5.82 Å². The predicted molar refractivity (Wildman–Crippen MR) is 81.7 cm³/mol. The first-order valence-electron chi connectivity index (χ1n) is 6.65. The Morgan fingerprint density at radius 2 is 1.85 bits per heavy atom. The molecule has 0 radical (unpaired) electrons. The molecular weight excluding hydrogens is 250 g/mol. The topological polar surface area (TPSA) is 61.0 Å². The highest BCUT2D eigenvalue weighted by Crippen LogP contribution is 2.29. The third-order valence-corrected chi connectivity index (χ3v) is 2.85. The highest BCUT2D eigenvalue weighted by atomic mass is 16.5. The van der Waals surface area contributed by atoms with Crippen LogP contribution in [0.15, 0.2) is 24.4 Å². The maximum atomic E-state index is 5.87. The van der Waals surface area contributed by atoms with Crippen molar-refractivity contribution in [3.8, 4) is 17.0 Å². The molecule has 0 fully saturated rings. The molecule has 2 rings (SSSR count). The van der Waals surface area contributed by atoms with Crippen LogP contribution >= 0.6 is 0 Å². The van der Waals surface area contributed by atoms with Gasteiger partial charge in [0.1, 0.15) is 17.2 Å². The summed E-state index contributed by atoms with van der Waals surface area (Å²) in [4.78, 5) is 8.64. The molecule has 2 aromatic rings. The number of rotatable bonds is 2. The van der Waals surface area contributed by atoms with Gasteiger partial charge in [-0.2, -0.15) is 0 Å². The van der Waals surface area contributed by atoms with Crippen molar-refractivity contribution in [3.63, 3.8) is 0 Å². The van der Waals surface area contributed by atoms with Crippen molar-refractivity contribution >= 4 is 5.82 Å². The van der Waals surface area contributed by atoms with Gasteiger partial charge in [-0.05, 0) is 58.4 Å². The molecule has 0 spiro atoms. The zero-order valence-corrected chi connectivity index (χ0v) is 12.7. The summed E-state index contributed by atoms with van der Waals surface area (Å²) >= 11 is 0. The zero-order valence-electron chi connectivity index (χ0n) is 12.7. The van der Waals surface area contributed by atoms with Crippen LogP contribution in [-0.2, 0) is 0 Å². The highest BCUT2D eigenvalue weighted by Gasteiger charge is 2.14. The number of anilines is 1. The maximum absolute atomic E-state index is 5.87. The van der Waals surface area contributed by atoms with Crippen molar-refractivity contribution in [2.75, 3.05) is 5.73 Å². The lowest BCUT2D eigenvalue weighted by Crippen LogP contribution is -2.22. The second-order valence-corrected chi connectivity index (χ2v) is 5.92. The molecule has 106 valence electrons. The van der Waals surface area contributed by atoms with Crippen molar-refractivity contribution in [1.29, 1.82) is 0 Å². The van der Waals surface area contributed by atoms with Crippen LogP contribution in [0.3, 0.4) is 0 Å². The fraction of sp³-hybridized carbons (Fsp3) is 0.375. The van der Waals surface area contributed by atoms with Crippen LogP contribution in [0.25, 0.3) is 11.3 Å². The summed E-state index contributed by atoms with van der Waals surface area (Å²) in [5.74, 6) is 1.29. The van der Waals surface area contributed by atoms with E-state index in [-0.39, 0.29) is 5.60 Å². The number of aryl methyl sites for hydroxylation is 2. The Hall–Kier alpha value is -2.10. The molecule has 0 saturated carbocycles. The molecule has 2 N–H and O–H groups in total. The van der Waals surface area contributed by atoms with Gasteiger partial charge >= 0.3 is 0 Å². The maximum Gasteiger partial charge on any atom is 0.142 e. The summed E-state index contributed by atoms with van der Waals surface area (Å²) < 4.78 is 5.87. The van der Waals surface area contributed by atoms with E-state index in [9.17, 15) is 0 Å². The van der Waals surface area contributed by atoms with Gasteiger partial charge in [0.05, 0.1) is 17.6 Å². The summed E-state index contributed by atoms with van der Waals surface area (Å²) in [5.41, 5.74) is 9.34. The summed E-state index contributed by atoms with van der Waals surface area (Å²) in [7, 11) is 0. The van der Waals surface area contributed by atoms with Gasteiger partial charge in [0.25, 0.3) is 0 Å². The van der Waals surface area contributed by atoms with Crippen molar-refractivity contribution < 1.29 is 4.74 Å². The molecule has 0 aliphatic carbocycles. The lowest BCUT2D eigenvalue weighted by molar-refractivity contribution is 0.131. The monoisotopic (exact) mass is 271 g/mol. The van der Waals surface area contributed by atoms with Crippen LogP contribution in [0, 0.1) is 13.8 Å². The minimum absolute atomic E-state index is 0.207. The average Bonchev–Trinajstić information content (AvgIpc) is 2.31. The van der Waals surface area contributed by atoms with Crippen LogP contribution in [-0.4, -0.2) is 15.6 Å². The third-order valence-electron chi connectivity index (χ3n) is 2.85.